The summed E-state index contributed by atoms with van der Waals surface area (Å²) in [4.78, 5) is 37.0. The smallest absolute Gasteiger partial charge is 0.263 e. The molecule has 156 valence electrons. The lowest BCUT2D eigenvalue weighted by atomic mass is 9.97. The lowest BCUT2D eigenvalue weighted by Gasteiger charge is -2.35. The molecule has 6 nitrogen and oxygen atoms in total. The van der Waals surface area contributed by atoms with Crippen molar-refractivity contribution in [1.82, 2.24) is 14.5 Å². The molecule has 1 amide bonds. The Hall–Kier alpha value is -2.19. The number of fused-ring (bicyclic) bond motifs is 3. The first-order valence-electron chi connectivity index (χ1n) is 10.3. The Morgan fingerprint density at radius 1 is 1.07 bits per heavy atom. The van der Waals surface area contributed by atoms with Gasteiger partial charge in [0.2, 0.25) is 5.95 Å². The first-order valence-corrected chi connectivity index (χ1v) is 11.9. The summed E-state index contributed by atoms with van der Waals surface area (Å²) in [6, 6.07) is 7.46. The number of hydrogen-bond donors (Lipinski definition) is 0. The standard InChI is InChI=1S/C22H23BrN4O2S/c1-25-21(29)18-16-4-2-3-5-17(16)30-19(18)24-22(25)27-12-10-26(11-13-27)20(28)14-6-8-15(23)9-7-14/h6-9H,2-5,10-13H2,1H3. The van der Waals surface area contributed by atoms with Crippen molar-refractivity contribution in [2.45, 2.75) is 25.7 Å². The largest absolute Gasteiger partial charge is 0.339 e. The van der Waals surface area contributed by atoms with Crippen LogP contribution in [0.3, 0.4) is 0 Å². The number of halogens is 1. The second kappa shape index (κ2) is 7.81. The molecule has 3 heterocycles. The van der Waals surface area contributed by atoms with Gasteiger partial charge in [0.25, 0.3) is 11.5 Å². The highest BCUT2D eigenvalue weighted by molar-refractivity contribution is 9.10. The number of thiophene rings is 1. The van der Waals surface area contributed by atoms with Crippen molar-refractivity contribution in [3.63, 3.8) is 0 Å². The quantitative estimate of drug-likeness (QED) is 0.555. The van der Waals surface area contributed by atoms with Crippen LogP contribution in [0, 0.1) is 0 Å². The lowest BCUT2D eigenvalue weighted by molar-refractivity contribution is 0.0746. The van der Waals surface area contributed by atoms with E-state index >= 15 is 0 Å². The van der Waals surface area contributed by atoms with Crippen LogP contribution >= 0.6 is 27.3 Å². The van der Waals surface area contributed by atoms with Crippen molar-refractivity contribution in [3.8, 4) is 0 Å². The average Bonchev–Trinajstić information content (AvgIpc) is 3.15. The van der Waals surface area contributed by atoms with Crippen LogP contribution in [-0.4, -0.2) is 46.5 Å². The van der Waals surface area contributed by atoms with Crippen LogP contribution in [0.1, 0.15) is 33.6 Å². The van der Waals surface area contributed by atoms with Gasteiger partial charge in [-0.3, -0.25) is 14.2 Å². The maximum atomic E-state index is 13.1. The zero-order valence-electron chi connectivity index (χ0n) is 16.9. The van der Waals surface area contributed by atoms with Gasteiger partial charge in [0, 0.05) is 48.1 Å². The van der Waals surface area contributed by atoms with Gasteiger partial charge in [0.05, 0.1) is 5.39 Å². The molecule has 1 aliphatic heterocycles. The number of rotatable bonds is 2. The molecule has 0 atom stereocenters. The highest BCUT2D eigenvalue weighted by Crippen LogP contribution is 2.34. The molecule has 1 saturated heterocycles. The van der Waals surface area contributed by atoms with Gasteiger partial charge in [-0.15, -0.1) is 11.3 Å². The summed E-state index contributed by atoms with van der Waals surface area (Å²) in [6.07, 6.45) is 4.40. The maximum absolute atomic E-state index is 13.1. The Morgan fingerprint density at radius 2 is 1.77 bits per heavy atom. The van der Waals surface area contributed by atoms with Crippen LogP contribution in [-0.2, 0) is 19.9 Å². The molecule has 0 N–H and O–H groups in total. The van der Waals surface area contributed by atoms with E-state index in [4.69, 9.17) is 4.98 Å². The van der Waals surface area contributed by atoms with E-state index < -0.39 is 0 Å². The third-order valence-electron chi connectivity index (χ3n) is 6.11. The van der Waals surface area contributed by atoms with Gasteiger partial charge in [-0.1, -0.05) is 15.9 Å². The molecule has 0 bridgehead atoms. The van der Waals surface area contributed by atoms with E-state index in [0.717, 1.165) is 34.0 Å². The summed E-state index contributed by atoms with van der Waals surface area (Å²) < 4.78 is 2.65. The van der Waals surface area contributed by atoms with Gasteiger partial charge in [-0.05, 0) is 55.5 Å². The van der Waals surface area contributed by atoms with Crippen molar-refractivity contribution in [1.29, 1.82) is 0 Å². The van der Waals surface area contributed by atoms with Gasteiger partial charge < -0.3 is 9.80 Å². The van der Waals surface area contributed by atoms with E-state index in [1.807, 2.05) is 36.2 Å². The number of carbonyl (C=O) groups is 1. The van der Waals surface area contributed by atoms with Crippen molar-refractivity contribution in [3.05, 3.63) is 55.1 Å². The van der Waals surface area contributed by atoms with Gasteiger partial charge in [-0.25, -0.2) is 4.98 Å². The molecular formula is C22H23BrN4O2S. The molecule has 5 rings (SSSR count). The number of hydrogen-bond acceptors (Lipinski definition) is 5. The van der Waals surface area contributed by atoms with Crippen LogP contribution in [0.4, 0.5) is 5.95 Å². The molecule has 1 fully saturated rings. The highest BCUT2D eigenvalue weighted by Gasteiger charge is 2.26. The highest BCUT2D eigenvalue weighted by atomic mass is 79.9. The summed E-state index contributed by atoms with van der Waals surface area (Å²) in [5.41, 5.74) is 1.98. The second-order valence-corrected chi connectivity index (χ2v) is 9.95. The zero-order valence-corrected chi connectivity index (χ0v) is 19.3. The minimum atomic E-state index is 0.0467. The van der Waals surface area contributed by atoms with E-state index in [1.165, 1.54) is 16.9 Å². The summed E-state index contributed by atoms with van der Waals surface area (Å²) >= 11 is 5.09. The Morgan fingerprint density at radius 3 is 2.50 bits per heavy atom. The second-order valence-electron chi connectivity index (χ2n) is 7.95. The molecule has 2 aromatic heterocycles. The lowest BCUT2D eigenvalue weighted by Crippen LogP contribution is -2.50. The topological polar surface area (TPSA) is 58.4 Å². The van der Waals surface area contributed by atoms with E-state index in [2.05, 4.69) is 20.8 Å². The summed E-state index contributed by atoms with van der Waals surface area (Å²) in [5.74, 6) is 0.757. The van der Waals surface area contributed by atoms with Crippen molar-refractivity contribution >= 4 is 49.3 Å². The number of aryl methyl sites for hydroxylation is 2. The number of nitrogens with zero attached hydrogens (tertiary/aromatic N) is 4. The Balaban J connectivity index is 1.38. The Bertz CT molecular complexity index is 1180. The van der Waals surface area contributed by atoms with E-state index in [-0.39, 0.29) is 11.5 Å². The molecule has 0 saturated carbocycles. The van der Waals surface area contributed by atoms with Crippen molar-refractivity contribution < 1.29 is 4.79 Å². The fraction of sp³-hybridized carbons (Fsp3) is 0.409. The average molecular weight is 487 g/mol. The van der Waals surface area contributed by atoms with Gasteiger partial charge in [0.1, 0.15) is 4.83 Å². The minimum Gasteiger partial charge on any atom is -0.339 e. The molecule has 0 radical (unpaired) electrons. The third kappa shape index (κ3) is 3.36. The number of carbonyl (C=O) groups excluding carboxylic acids is 1. The molecule has 0 unspecified atom stereocenters. The fourth-order valence-electron chi connectivity index (χ4n) is 4.44. The van der Waals surface area contributed by atoms with E-state index in [0.29, 0.717) is 37.7 Å². The van der Waals surface area contributed by atoms with Crippen LogP contribution in [0.25, 0.3) is 10.2 Å². The third-order valence-corrected chi connectivity index (χ3v) is 7.83. The summed E-state index contributed by atoms with van der Waals surface area (Å²) in [5, 5.41) is 0.824. The predicted octanol–water partition coefficient (Wildman–Crippen LogP) is 3.60. The van der Waals surface area contributed by atoms with Gasteiger partial charge in [0.15, 0.2) is 0 Å². The molecular weight excluding hydrogens is 464 g/mol. The van der Waals surface area contributed by atoms with Crippen molar-refractivity contribution in [2.24, 2.45) is 7.05 Å². The van der Waals surface area contributed by atoms with Crippen LogP contribution < -0.4 is 10.5 Å². The van der Waals surface area contributed by atoms with Crippen LogP contribution in [0.5, 0.6) is 0 Å². The predicted molar refractivity (Wildman–Crippen MR) is 124 cm³/mol. The number of aromatic nitrogens is 2. The molecule has 3 aromatic rings. The molecule has 2 aliphatic rings. The minimum absolute atomic E-state index is 0.0467. The normalized spacial score (nSPS) is 16.7. The number of anilines is 1. The van der Waals surface area contributed by atoms with E-state index in [9.17, 15) is 9.59 Å². The first kappa shape index (κ1) is 19.8. The van der Waals surface area contributed by atoms with Crippen LogP contribution in [0.15, 0.2) is 33.5 Å². The molecule has 8 heteroatoms. The maximum Gasteiger partial charge on any atom is 0.263 e. The Kier molecular flexibility index (Phi) is 5.14. The summed E-state index contributed by atoms with van der Waals surface area (Å²) in [6.45, 7) is 2.56. The SMILES string of the molecule is Cn1c(N2CCN(C(=O)c3ccc(Br)cc3)CC2)nc2sc3c(c2c1=O)CCCC3. The molecule has 1 aliphatic carbocycles. The van der Waals surface area contributed by atoms with E-state index in [1.54, 1.807) is 15.9 Å². The summed E-state index contributed by atoms with van der Waals surface area (Å²) in [7, 11) is 1.82. The molecule has 0 spiro atoms. The number of piperazine rings is 1. The monoisotopic (exact) mass is 486 g/mol. The zero-order chi connectivity index (χ0) is 20.8. The number of amides is 1. The fourth-order valence-corrected chi connectivity index (χ4v) is 5.95. The van der Waals surface area contributed by atoms with Gasteiger partial charge >= 0.3 is 0 Å². The molecule has 30 heavy (non-hydrogen) atoms. The van der Waals surface area contributed by atoms with Crippen LogP contribution in [0.2, 0.25) is 0 Å². The van der Waals surface area contributed by atoms with Gasteiger partial charge in [-0.2, -0.15) is 0 Å². The molecule has 1 aromatic carbocycles. The van der Waals surface area contributed by atoms with Crippen molar-refractivity contribution in [2.75, 3.05) is 31.1 Å². The Labute approximate surface area is 187 Å². The first-order chi connectivity index (χ1) is 14.5. The number of benzene rings is 1.